The molecular formula is C13H17N3O2. The number of aromatic hydroxyl groups is 1. The number of rotatable bonds is 6. The molecule has 3 N–H and O–H groups in total. The van der Waals surface area contributed by atoms with Crippen molar-refractivity contribution in [2.75, 3.05) is 6.61 Å². The smallest absolute Gasteiger partial charge is 0.162 e. The van der Waals surface area contributed by atoms with Gasteiger partial charge in [-0.15, -0.1) is 0 Å². The SMILES string of the molecule is CCOc1cccc(CNCc2ncc[nH]2)c1O. The van der Waals surface area contributed by atoms with Gasteiger partial charge in [0.1, 0.15) is 5.82 Å². The Balaban J connectivity index is 1.94. The van der Waals surface area contributed by atoms with Crippen molar-refractivity contribution < 1.29 is 9.84 Å². The molecule has 5 heteroatoms. The lowest BCUT2D eigenvalue weighted by Crippen LogP contribution is -2.13. The molecule has 0 aliphatic rings. The van der Waals surface area contributed by atoms with Crippen LogP contribution in [0.2, 0.25) is 0 Å². The number of phenols is 1. The van der Waals surface area contributed by atoms with Crippen LogP contribution >= 0.6 is 0 Å². The monoisotopic (exact) mass is 247 g/mol. The fourth-order valence-corrected chi connectivity index (χ4v) is 1.69. The highest BCUT2D eigenvalue weighted by Crippen LogP contribution is 2.29. The molecule has 0 amide bonds. The minimum absolute atomic E-state index is 0.200. The summed E-state index contributed by atoms with van der Waals surface area (Å²) < 4.78 is 5.33. The topological polar surface area (TPSA) is 70.2 Å². The number of aromatic amines is 1. The maximum atomic E-state index is 9.99. The Morgan fingerprint density at radius 2 is 2.28 bits per heavy atom. The van der Waals surface area contributed by atoms with Crippen molar-refractivity contribution in [1.82, 2.24) is 15.3 Å². The van der Waals surface area contributed by atoms with Gasteiger partial charge < -0.3 is 20.1 Å². The van der Waals surface area contributed by atoms with Gasteiger partial charge in [0, 0.05) is 24.5 Å². The van der Waals surface area contributed by atoms with E-state index in [1.807, 2.05) is 19.1 Å². The predicted octanol–water partition coefficient (Wildman–Crippen LogP) is 1.80. The number of phenolic OH excluding ortho intramolecular Hbond substituents is 1. The number of H-pyrrole nitrogens is 1. The number of nitrogens with zero attached hydrogens (tertiary/aromatic N) is 1. The molecule has 0 aliphatic heterocycles. The maximum absolute atomic E-state index is 9.99. The molecule has 96 valence electrons. The summed E-state index contributed by atoms with van der Waals surface area (Å²) in [5.74, 6) is 1.59. The number of hydrogen-bond donors (Lipinski definition) is 3. The van der Waals surface area contributed by atoms with E-state index in [0.29, 0.717) is 25.4 Å². The highest BCUT2D eigenvalue weighted by atomic mass is 16.5. The number of benzene rings is 1. The quantitative estimate of drug-likeness (QED) is 0.728. The normalized spacial score (nSPS) is 10.5. The van der Waals surface area contributed by atoms with Gasteiger partial charge in [-0.1, -0.05) is 12.1 Å². The Morgan fingerprint density at radius 3 is 3.00 bits per heavy atom. The molecule has 0 unspecified atom stereocenters. The van der Waals surface area contributed by atoms with Gasteiger partial charge >= 0.3 is 0 Å². The number of para-hydroxylation sites is 1. The first kappa shape index (κ1) is 12.4. The largest absolute Gasteiger partial charge is 0.504 e. The highest BCUT2D eigenvalue weighted by molar-refractivity contribution is 5.45. The summed E-state index contributed by atoms with van der Waals surface area (Å²) in [6.45, 7) is 3.62. The van der Waals surface area contributed by atoms with E-state index in [2.05, 4.69) is 15.3 Å². The van der Waals surface area contributed by atoms with E-state index in [1.54, 1.807) is 18.5 Å². The Labute approximate surface area is 106 Å². The van der Waals surface area contributed by atoms with Gasteiger partial charge in [-0.3, -0.25) is 0 Å². The molecule has 0 atom stereocenters. The molecule has 1 aromatic carbocycles. The summed E-state index contributed by atoms with van der Waals surface area (Å²) in [6.07, 6.45) is 3.49. The van der Waals surface area contributed by atoms with E-state index in [0.717, 1.165) is 11.4 Å². The lowest BCUT2D eigenvalue weighted by molar-refractivity contribution is 0.316. The second-order valence-corrected chi connectivity index (χ2v) is 3.84. The average Bonchev–Trinajstić information content (AvgIpc) is 2.87. The molecule has 0 saturated carbocycles. The Hall–Kier alpha value is -2.01. The number of aromatic nitrogens is 2. The highest BCUT2D eigenvalue weighted by Gasteiger charge is 2.07. The van der Waals surface area contributed by atoms with Gasteiger partial charge in [0.2, 0.25) is 0 Å². The van der Waals surface area contributed by atoms with E-state index in [1.165, 1.54) is 0 Å². The number of nitrogens with one attached hydrogen (secondary N) is 2. The van der Waals surface area contributed by atoms with Crippen LogP contribution in [0.1, 0.15) is 18.3 Å². The van der Waals surface area contributed by atoms with Crippen LogP contribution in [0, 0.1) is 0 Å². The maximum Gasteiger partial charge on any atom is 0.162 e. The molecule has 18 heavy (non-hydrogen) atoms. The average molecular weight is 247 g/mol. The third-order valence-corrected chi connectivity index (χ3v) is 2.55. The second-order valence-electron chi connectivity index (χ2n) is 3.84. The molecule has 2 aromatic rings. The Bertz CT molecular complexity index is 483. The van der Waals surface area contributed by atoms with Gasteiger partial charge in [0.25, 0.3) is 0 Å². The van der Waals surface area contributed by atoms with Gasteiger partial charge in [0.05, 0.1) is 13.2 Å². The molecule has 2 rings (SSSR count). The van der Waals surface area contributed by atoms with E-state index in [-0.39, 0.29) is 5.75 Å². The molecule has 0 aliphatic carbocycles. The van der Waals surface area contributed by atoms with Crippen LogP contribution in [-0.2, 0) is 13.1 Å². The Morgan fingerprint density at radius 1 is 1.39 bits per heavy atom. The zero-order chi connectivity index (χ0) is 12.8. The Kier molecular flexibility index (Phi) is 4.20. The molecule has 0 fully saturated rings. The summed E-state index contributed by atoms with van der Waals surface area (Å²) >= 11 is 0. The minimum atomic E-state index is 0.200. The lowest BCUT2D eigenvalue weighted by Gasteiger charge is -2.10. The molecule has 0 radical (unpaired) electrons. The van der Waals surface area contributed by atoms with Gasteiger partial charge in [-0.05, 0) is 13.0 Å². The van der Waals surface area contributed by atoms with E-state index in [4.69, 9.17) is 4.74 Å². The predicted molar refractivity (Wildman–Crippen MR) is 68.4 cm³/mol. The van der Waals surface area contributed by atoms with Crippen LogP contribution < -0.4 is 10.1 Å². The summed E-state index contributed by atoms with van der Waals surface area (Å²) in [5.41, 5.74) is 0.813. The summed E-state index contributed by atoms with van der Waals surface area (Å²) in [5, 5.41) is 13.2. The minimum Gasteiger partial charge on any atom is -0.504 e. The van der Waals surface area contributed by atoms with Crippen LogP contribution in [0.3, 0.4) is 0 Å². The summed E-state index contributed by atoms with van der Waals surface area (Å²) in [7, 11) is 0. The zero-order valence-corrected chi connectivity index (χ0v) is 10.3. The standard InChI is InChI=1S/C13H17N3O2/c1-2-18-11-5-3-4-10(13(11)17)8-14-9-12-15-6-7-16-12/h3-7,14,17H,2,8-9H2,1H3,(H,15,16). The van der Waals surface area contributed by atoms with Gasteiger partial charge in [-0.25, -0.2) is 4.98 Å². The van der Waals surface area contributed by atoms with E-state index >= 15 is 0 Å². The molecule has 5 nitrogen and oxygen atoms in total. The van der Waals surface area contributed by atoms with Crippen molar-refractivity contribution in [1.29, 1.82) is 0 Å². The molecule has 1 aromatic heterocycles. The lowest BCUT2D eigenvalue weighted by atomic mass is 10.2. The van der Waals surface area contributed by atoms with Crippen molar-refractivity contribution in [3.05, 3.63) is 42.0 Å². The molecule has 0 spiro atoms. The first-order chi connectivity index (χ1) is 8.81. The number of ether oxygens (including phenoxy) is 1. The second kappa shape index (κ2) is 6.07. The van der Waals surface area contributed by atoms with Crippen molar-refractivity contribution in [3.8, 4) is 11.5 Å². The first-order valence-corrected chi connectivity index (χ1v) is 5.94. The van der Waals surface area contributed by atoms with Crippen LogP contribution in [0.25, 0.3) is 0 Å². The third-order valence-electron chi connectivity index (χ3n) is 2.55. The number of imidazole rings is 1. The van der Waals surface area contributed by atoms with E-state index < -0.39 is 0 Å². The molecule has 0 saturated heterocycles. The van der Waals surface area contributed by atoms with Crippen molar-refractivity contribution in [2.24, 2.45) is 0 Å². The molecular weight excluding hydrogens is 230 g/mol. The third kappa shape index (κ3) is 3.01. The molecule has 1 heterocycles. The fourth-order valence-electron chi connectivity index (χ4n) is 1.69. The van der Waals surface area contributed by atoms with Crippen molar-refractivity contribution in [2.45, 2.75) is 20.0 Å². The van der Waals surface area contributed by atoms with E-state index in [9.17, 15) is 5.11 Å². The van der Waals surface area contributed by atoms with Crippen LogP contribution in [0.4, 0.5) is 0 Å². The summed E-state index contributed by atoms with van der Waals surface area (Å²) in [6, 6.07) is 5.50. The van der Waals surface area contributed by atoms with Crippen molar-refractivity contribution >= 4 is 0 Å². The van der Waals surface area contributed by atoms with Crippen LogP contribution in [0.15, 0.2) is 30.6 Å². The zero-order valence-electron chi connectivity index (χ0n) is 10.3. The van der Waals surface area contributed by atoms with Gasteiger partial charge in [-0.2, -0.15) is 0 Å². The van der Waals surface area contributed by atoms with Crippen LogP contribution in [0.5, 0.6) is 11.5 Å². The van der Waals surface area contributed by atoms with Crippen molar-refractivity contribution in [3.63, 3.8) is 0 Å². The first-order valence-electron chi connectivity index (χ1n) is 5.94. The number of hydrogen-bond acceptors (Lipinski definition) is 4. The molecule has 0 bridgehead atoms. The summed E-state index contributed by atoms with van der Waals surface area (Å²) in [4.78, 5) is 7.12. The van der Waals surface area contributed by atoms with Gasteiger partial charge in [0.15, 0.2) is 11.5 Å². The van der Waals surface area contributed by atoms with Crippen LogP contribution in [-0.4, -0.2) is 21.7 Å². The fraction of sp³-hybridized carbons (Fsp3) is 0.308.